The summed E-state index contributed by atoms with van der Waals surface area (Å²) in [6, 6.07) is 21.4. The first-order valence-electron chi connectivity index (χ1n) is 12.6. The number of fused-ring (bicyclic) bond motifs is 6. The van der Waals surface area contributed by atoms with Gasteiger partial charge in [-0.2, -0.15) is 0 Å². The summed E-state index contributed by atoms with van der Waals surface area (Å²) in [5.41, 5.74) is 8.27. The summed E-state index contributed by atoms with van der Waals surface area (Å²) in [6.45, 7) is 0. The molecule has 0 amide bonds. The maximum atomic E-state index is 15.2. The van der Waals surface area contributed by atoms with Crippen LogP contribution in [0.1, 0.15) is 48.6 Å². The van der Waals surface area contributed by atoms with E-state index in [1.165, 1.54) is 48.9 Å². The zero-order valence-electron chi connectivity index (χ0n) is 19.5. The van der Waals surface area contributed by atoms with Gasteiger partial charge in [0.15, 0.2) is 0 Å². The van der Waals surface area contributed by atoms with E-state index >= 15 is 4.39 Å². The third kappa shape index (κ3) is 2.82. The SMILES string of the molecule is Fc1cc(-c2cccc3c2oc2ccccc23)c(Cl)c(-n2cnc3cc4c(cc32)C2CCC4CC2)c1. The summed E-state index contributed by atoms with van der Waals surface area (Å²) in [5.74, 6) is 0.909. The number of para-hydroxylation sites is 2. The van der Waals surface area contributed by atoms with Gasteiger partial charge in [0.1, 0.15) is 23.3 Å². The molecule has 0 radical (unpaired) electrons. The third-order valence-corrected chi connectivity index (χ3v) is 8.73. The van der Waals surface area contributed by atoms with Crippen LogP contribution in [-0.4, -0.2) is 9.55 Å². The van der Waals surface area contributed by atoms with E-state index in [0.717, 1.165) is 33.0 Å². The number of benzene rings is 4. The van der Waals surface area contributed by atoms with E-state index in [1.807, 2.05) is 47.0 Å². The highest BCUT2D eigenvalue weighted by Crippen LogP contribution is 2.50. The van der Waals surface area contributed by atoms with Gasteiger partial charge >= 0.3 is 0 Å². The average molecular weight is 493 g/mol. The Morgan fingerprint density at radius 3 is 2.42 bits per heavy atom. The van der Waals surface area contributed by atoms with Crippen LogP contribution < -0.4 is 0 Å². The molecule has 0 unspecified atom stereocenters. The van der Waals surface area contributed by atoms with Gasteiger partial charge in [-0.05, 0) is 79.0 Å². The average Bonchev–Trinajstić information content (AvgIpc) is 3.50. The molecular weight excluding hydrogens is 471 g/mol. The number of rotatable bonds is 2. The highest BCUT2D eigenvalue weighted by Gasteiger charge is 2.33. The van der Waals surface area contributed by atoms with Crippen molar-refractivity contribution in [2.24, 2.45) is 0 Å². The smallest absolute Gasteiger partial charge is 0.143 e. The van der Waals surface area contributed by atoms with Gasteiger partial charge in [0, 0.05) is 21.9 Å². The van der Waals surface area contributed by atoms with Crippen LogP contribution in [0.25, 0.3) is 49.8 Å². The van der Waals surface area contributed by atoms with E-state index in [4.69, 9.17) is 21.0 Å². The summed E-state index contributed by atoms with van der Waals surface area (Å²) < 4.78 is 23.3. The summed E-state index contributed by atoms with van der Waals surface area (Å²) in [5, 5.41) is 2.49. The van der Waals surface area contributed by atoms with Gasteiger partial charge in [-0.15, -0.1) is 0 Å². The molecule has 0 saturated heterocycles. The monoisotopic (exact) mass is 492 g/mol. The molecule has 1 saturated carbocycles. The molecule has 2 heterocycles. The van der Waals surface area contributed by atoms with Gasteiger partial charge in [-0.3, -0.25) is 4.57 Å². The van der Waals surface area contributed by atoms with Gasteiger partial charge in [-0.1, -0.05) is 48.0 Å². The Labute approximate surface area is 212 Å². The minimum Gasteiger partial charge on any atom is -0.455 e. The number of halogens is 2. The zero-order chi connectivity index (χ0) is 24.0. The van der Waals surface area contributed by atoms with Crippen LogP contribution in [-0.2, 0) is 0 Å². The maximum Gasteiger partial charge on any atom is 0.143 e. The van der Waals surface area contributed by atoms with E-state index in [2.05, 4.69) is 12.1 Å². The topological polar surface area (TPSA) is 31.0 Å². The second-order valence-corrected chi connectivity index (χ2v) is 10.6. The van der Waals surface area contributed by atoms with Crippen LogP contribution in [0, 0.1) is 5.82 Å². The fraction of sp³-hybridized carbons (Fsp3) is 0.194. The summed E-state index contributed by atoms with van der Waals surface area (Å²) in [7, 11) is 0. The molecular formula is C31H22ClFN2O. The first-order valence-corrected chi connectivity index (χ1v) is 12.9. The highest BCUT2D eigenvalue weighted by atomic mass is 35.5. The Hall–Kier alpha value is -3.63. The zero-order valence-corrected chi connectivity index (χ0v) is 20.2. The summed E-state index contributed by atoms with van der Waals surface area (Å²) in [6.07, 6.45) is 6.82. The minimum atomic E-state index is -0.351. The molecule has 2 aromatic heterocycles. The molecule has 0 aliphatic heterocycles. The predicted molar refractivity (Wildman–Crippen MR) is 143 cm³/mol. The molecule has 2 bridgehead atoms. The van der Waals surface area contributed by atoms with Crippen LogP contribution in [0.5, 0.6) is 0 Å². The molecule has 3 aliphatic rings. The quantitative estimate of drug-likeness (QED) is 0.241. The molecule has 6 aromatic rings. The van der Waals surface area contributed by atoms with Crippen LogP contribution in [0.3, 0.4) is 0 Å². The first kappa shape index (κ1) is 20.6. The normalized spacial score (nSPS) is 18.9. The van der Waals surface area contributed by atoms with Crippen molar-refractivity contribution in [3.05, 3.63) is 95.0 Å². The van der Waals surface area contributed by atoms with Crippen LogP contribution in [0.2, 0.25) is 5.02 Å². The second kappa shape index (κ2) is 7.44. The standard InChI is InChI=1S/C31H22ClFN2O/c32-30-25(22-6-3-5-21-20-4-1-2-7-29(20)36-31(21)22)12-19(33)13-28(30)35-16-34-26-14-23-17-8-10-18(11-9-17)24(23)15-27(26)35/h1-7,12-18H,8-11H2. The molecule has 3 aliphatic carbocycles. The molecule has 3 nitrogen and oxygen atoms in total. The van der Waals surface area contributed by atoms with Crippen molar-refractivity contribution >= 4 is 44.6 Å². The van der Waals surface area contributed by atoms with Crippen molar-refractivity contribution in [1.82, 2.24) is 9.55 Å². The van der Waals surface area contributed by atoms with Crippen molar-refractivity contribution in [2.75, 3.05) is 0 Å². The Kier molecular flexibility index (Phi) is 4.25. The van der Waals surface area contributed by atoms with Crippen LogP contribution >= 0.6 is 11.6 Å². The van der Waals surface area contributed by atoms with Crippen molar-refractivity contribution < 1.29 is 8.81 Å². The van der Waals surface area contributed by atoms with Crippen molar-refractivity contribution in [1.29, 1.82) is 0 Å². The fourth-order valence-corrected chi connectivity index (χ4v) is 6.91. The highest BCUT2D eigenvalue weighted by molar-refractivity contribution is 6.35. The van der Waals surface area contributed by atoms with Gasteiger partial charge < -0.3 is 4.42 Å². The Morgan fingerprint density at radius 1 is 0.833 bits per heavy atom. The lowest BCUT2D eigenvalue weighted by Crippen LogP contribution is -2.21. The molecule has 0 spiro atoms. The van der Waals surface area contributed by atoms with Gasteiger partial charge in [-0.25, -0.2) is 9.37 Å². The Bertz CT molecular complexity index is 1840. The van der Waals surface area contributed by atoms with Gasteiger partial charge in [0.25, 0.3) is 0 Å². The lowest BCUT2D eigenvalue weighted by molar-refractivity contribution is 0.359. The largest absolute Gasteiger partial charge is 0.455 e. The van der Waals surface area contributed by atoms with E-state index in [0.29, 0.717) is 33.7 Å². The molecule has 176 valence electrons. The number of hydrogen-bond donors (Lipinski definition) is 0. The minimum absolute atomic E-state index is 0.351. The molecule has 4 aromatic carbocycles. The van der Waals surface area contributed by atoms with Gasteiger partial charge in [0.05, 0.1) is 21.7 Å². The molecule has 36 heavy (non-hydrogen) atoms. The molecule has 0 atom stereocenters. The molecule has 1 fully saturated rings. The fourth-order valence-electron chi connectivity index (χ4n) is 6.61. The van der Waals surface area contributed by atoms with Crippen LogP contribution in [0.15, 0.2) is 77.5 Å². The van der Waals surface area contributed by atoms with E-state index in [1.54, 1.807) is 6.33 Å². The molecule has 9 rings (SSSR count). The van der Waals surface area contributed by atoms with E-state index in [9.17, 15) is 0 Å². The number of imidazole rings is 1. The number of nitrogens with zero attached hydrogens (tertiary/aromatic N) is 2. The third-order valence-electron chi connectivity index (χ3n) is 8.33. The number of hydrogen-bond acceptors (Lipinski definition) is 2. The Morgan fingerprint density at radius 2 is 1.58 bits per heavy atom. The first-order chi connectivity index (χ1) is 17.7. The maximum absolute atomic E-state index is 15.2. The number of aromatic nitrogens is 2. The Balaban J connectivity index is 1.35. The van der Waals surface area contributed by atoms with Crippen molar-refractivity contribution in [3.8, 4) is 16.8 Å². The molecule has 5 heteroatoms. The van der Waals surface area contributed by atoms with E-state index in [-0.39, 0.29) is 5.82 Å². The predicted octanol–water partition coefficient (Wildman–Crippen LogP) is 9.14. The summed E-state index contributed by atoms with van der Waals surface area (Å²) in [4.78, 5) is 4.70. The van der Waals surface area contributed by atoms with Crippen molar-refractivity contribution in [3.63, 3.8) is 0 Å². The van der Waals surface area contributed by atoms with E-state index < -0.39 is 0 Å². The van der Waals surface area contributed by atoms with Gasteiger partial charge in [0.2, 0.25) is 0 Å². The summed E-state index contributed by atoms with van der Waals surface area (Å²) >= 11 is 7.06. The van der Waals surface area contributed by atoms with Crippen LogP contribution in [0.4, 0.5) is 4.39 Å². The lowest BCUT2D eigenvalue weighted by Gasteiger charge is -2.38. The molecule has 0 N–H and O–H groups in total. The lowest BCUT2D eigenvalue weighted by atomic mass is 9.67. The number of furan rings is 1. The van der Waals surface area contributed by atoms with Crippen molar-refractivity contribution in [2.45, 2.75) is 37.5 Å². The second-order valence-electron chi connectivity index (χ2n) is 10.2.